The van der Waals surface area contributed by atoms with Crippen LogP contribution in [0.4, 0.5) is 4.39 Å². The third kappa shape index (κ3) is 2.92. The van der Waals surface area contributed by atoms with Crippen molar-refractivity contribution in [3.8, 4) is 16.8 Å². The first-order valence-electron chi connectivity index (χ1n) is 6.94. The number of carboxylic acids is 1. The van der Waals surface area contributed by atoms with Gasteiger partial charge in [0.25, 0.3) is 0 Å². The van der Waals surface area contributed by atoms with Crippen molar-refractivity contribution in [3.05, 3.63) is 76.3 Å². The molecule has 1 N–H and O–H groups in total. The smallest absolute Gasteiger partial charge is 0.338 e. The molecule has 0 saturated heterocycles. The molecule has 0 saturated carbocycles. The Kier molecular flexibility index (Phi) is 4.05. The maximum absolute atomic E-state index is 13.1. The number of nitrogens with zero attached hydrogens (tertiary/aromatic N) is 1. The predicted octanol–water partition coefficient (Wildman–Crippen LogP) is 5.05. The standard InChI is InChI=1S/C18H13BrFNO2/c1-11-17(18(22)23)16(12-2-6-14(20)7-3-12)10-21(11)15-8-4-13(19)5-9-15/h2-10H,1H3,(H,22,23). The Labute approximate surface area is 141 Å². The molecule has 0 aliphatic rings. The van der Waals surface area contributed by atoms with E-state index in [1.165, 1.54) is 12.1 Å². The van der Waals surface area contributed by atoms with E-state index in [4.69, 9.17) is 0 Å². The van der Waals surface area contributed by atoms with E-state index in [0.717, 1.165) is 10.2 Å². The van der Waals surface area contributed by atoms with Gasteiger partial charge in [-0.3, -0.25) is 0 Å². The molecule has 116 valence electrons. The summed E-state index contributed by atoms with van der Waals surface area (Å²) in [5, 5.41) is 9.57. The number of hydrogen-bond donors (Lipinski definition) is 1. The fourth-order valence-electron chi connectivity index (χ4n) is 2.59. The molecule has 5 heteroatoms. The van der Waals surface area contributed by atoms with Gasteiger partial charge in [0, 0.05) is 27.6 Å². The second-order valence-electron chi connectivity index (χ2n) is 5.16. The predicted molar refractivity (Wildman–Crippen MR) is 90.6 cm³/mol. The van der Waals surface area contributed by atoms with Gasteiger partial charge in [-0.1, -0.05) is 28.1 Å². The summed E-state index contributed by atoms with van der Waals surface area (Å²) < 4.78 is 15.9. The molecule has 0 fully saturated rings. The summed E-state index contributed by atoms with van der Waals surface area (Å²) in [5.74, 6) is -1.35. The van der Waals surface area contributed by atoms with Gasteiger partial charge in [-0.05, 0) is 48.9 Å². The van der Waals surface area contributed by atoms with E-state index in [0.29, 0.717) is 16.8 Å². The van der Waals surface area contributed by atoms with Crippen molar-refractivity contribution >= 4 is 21.9 Å². The average molecular weight is 374 g/mol. The summed E-state index contributed by atoms with van der Waals surface area (Å²) in [6.07, 6.45) is 1.77. The molecule has 3 nitrogen and oxygen atoms in total. The highest BCUT2D eigenvalue weighted by molar-refractivity contribution is 9.10. The third-order valence-electron chi connectivity index (χ3n) is 3.72. The van der Waals surface area contributed by atoms with Crippen LogP contribution in [0.3, 0.4) is 0 Å². The van der Waals surface area contributed by atoms with Crippen molar-refractivity contribution in [3.63, 3.8) is 0 Å². The molecule has 0 aliphatic heterocycles. The first kappa shape index (κ1) is 15.5. The lowest BCUT2D eigenvalue weighted by Crippen LogP contribution is -2.02. The Hall–Kier alpha value is -2.40. The van der Waals surface area contributed by atoms with Gasteiger partial charge < -0.3 is 9.67 Å². The van der Waals surface area contributed by atoms with Crippen LogP contribution < -0.4 is 0 Å². The van der Waals surface area contributed by atoms with Gasteiger partial charge in [-0.15, -0.1) is 0 Å². The molecule has 1 aromatic heterocycles. The van der Waals surface area contributed by atoms with E-state index in [9.17, 15) is 14.3 Å². The Balaban J connectivity index is 2.20. The molecule has 0 atom stereocenters. The highest BCUT2D eigenvalue weighted by atomic mass is 79.9. The number of carbonyl (C=O) groups is 1. The first-order valence-corrected chi connectivity index (χ1v) is 7.74. The Bertz CT molecular complexity index is 867. The topological polar surface area (TPSA) is 42.2 Å². The lowest BCUT2D eigenvalue weighted by atomic mass is 10.0. The summed E-state index contributed by atoms with van der Waals surface area (Å²) in [4.78, 5) is 11.7. The number of rotatable bonds is 3. The monoisotopic (exact) mass is 373 g/mol. The van der Waals surface area contributed by atoms with Crippen molar-refractivity contribution < 1.29 is 14.3 Å². The van der Waals surface area contributed by atoms with E-state index in [1.54, 1.807) is 25.3 Å². The number of aromatic carboxylic acids is 1. The van der Waals surface area contributed by atoms with Gasteiger partial charge in [0.05, 0.1) is 5.56 Å². The van der Waals surface area contributed by atoms with E-state index in [1.807, 2.05) is 28.8 Å². The van der Waals surface area contributed by atoms with Gasteiger partial charge in [0.15, 0.2) is 0 Å². The van der Waals surface area contributed by atoms with Gasteiger partial charge in [0.1, 0.15) is 5.82 Å². The number of benzene rings is 2. The molecule has 0 aliphatic carbocycles. The van der Waals surface area contributed by atoms with Crippen molar-refractivity contribution in [2.75, 3.05) is 0 Å². The van der Waals surface area contributed by atoms with E-state index in [-0.39, 0.29) is 11.4 Å². The van der Waals surface area contributed by atoms with Gasteiger partial charge in [-0.2, -0.15) is 0 Å². The van der Waals surface area contributed by atoms with Crippen LogP contribution in [-0.4, -0.2) is 15.6 Å². The molecule has 3 rings (SSSR count). The summed E-state index contributed by atoms with van der Waals surface area (Å²) in [6.45, 7) is 1.76. The van der Waals surface area contributed by atoms with Gasteiger partial charge in [0.2, 0.25) is 0 Å². The normalized spacial score (nSPS) is 10.7. The minimum Gasteiger partial charge on any atom is -0.478 e. The van der Waals surface area contributed by atoms with Crippen LogP contribution in [0.2, 0.25) is 0 Å². The van der Waals surface area contributed by atoms with Crippen LogP contribution >= 0.6 is 15.9 Å². The van der Waals surface area contributed by atoms with Gasteiger partial charge in [-0.25, -0.2) is 9.18 Å². The first-order chi connectivity index (χ1) is 11.0. The second-order valence-corrected chi connectivity index (χ2v) is 6.08. The summed E-state index contributed by atoms with van der Waals surface area (Å²) in [5.41, 5.74) is 2.95. The highest BCUT2D eigenvalue weighted by Crippen LogP contribution is 2.30. The number of aromatic nitrogens is 1. The maximum Gasteiger partial charge on any atom is 0.338 e. The summed E-state index contributed by atoms with van der Waals surface area (Å²) in [7, 11) is 0. The number of carboxylic acid groups (broad SMARTS) is 1. The van der Waals surface area contributed by atoms with Crippen LogP contribution in [0.25, 0.3) is 16.8 Å². The molecule has 0 spiro atoms. The van der Waals surface area contributed by atoms with Crippen molar-refractivity contribution in [1.29, 1.82) is 0 Å². The minimum atomic E-state index is -1.00. The van der Waals surface area contributed by atoms with E-state index >= 15 is 0 Å². The minimum absolute atomic E-state index is 0.222. The van der Waals surface area contributed by atoms with Crippen LogP contribution in [0.1, 0.15) is 16.1 Å². The van der Waals surface area contributed by atoms with Crippen molar-refractivity contribution in [1.82, 2.24) is 4.57 Å². The molecule has 23 heavy (non-hydrogen) atoms. The van der Waals surface area contributed by atoms with Crippen LogP contribution in [0.15, 0.2) is 59.2 Å². The summed E-state index contributed by atoms with van der Waals surface area (Å²) in [6, 6.07) is 13.4. The largest absolute Gasteiger partial charge is 0.478 e. The maximum atomic E-state index is 13.1. The SMILES string of the molecule is Cc1c(C(=O)O)c(-c2ccc(F)cc2)cn1-c1ccc(Br)cc1. The Morgan fingerprint density at radius 3 is 2.26 bits per heavy atom. The molecular formula is C18H13BrFNO2. The van der Waals surface area contributed by atoms with Crippen LogP contribution in [0, 0.1) is 12.7 Å². The number of hydrogen-bond acceptors (Lipinski definition) is 1. The van der Waals surface area contributed by atoms with Crippen molar-refractivity contribution in [2.24, 2.45) is 0 Å². The molecule has 2 aromatic carbocycles. The third-order valence-corrected chi connectivity index (χ3v) is 4.25. The lowest BCUT2D eigenvalue weighted by Gasteiger charge is -2.06. The molecule has 0 unspecified atom stereocenters. The van der Waals surface area contributed by atoms with Crippen LogP contribution in [0.5, 0.6) is 0 Å². The van der Waals surface area contributed by atoms with E-state index < -0.39 is 5.97 Å². The van der Waals surface area contributed by atoms with Crippen molar-refractivity contribution in [2.45, 2.75) is 6.92 Å². The molecule has 3 aromatic rings. The fourth-order valence-corrected chi connectivity index (χ4v) is 2.86. The zero-order valence-corrected chi connectivity index (χ0v) is 13.8. The molecular weight excluding hydrogens is 361 g/mol. The molecule has 0 bridgehead atoms. The van der Waals surface area contributed by atoms with E-state index in [2.05, 4.69) is 15.9 Å². The fraction of sp³-hybridized carbons (Fsp3) is 0.0556. The Morgan fingerprint density at radius 1 is 1.09 bits per heavy atom. The highest BCUT2D eigenvalue weighted by Gasteiger charge is 2.20. The average Bonchev–Trinajstić information content (AvgIpc) is 2.86. The van der Waals surface area contributed by atoms with Gasteiger partial charge >= 0.3 is 5.97 Å². The van der Waals surface area contributed by atoms with Crippen LogP contribution in [-0.2, 0) is 0 Å². The zero-order chi connectivity index (χ0) is 16.6. The number of halogens is 2. The molecule has 0 radical (unpaired) electrons. The lowest BCUT2D eigenvalue weighted by molar-refractivity contribution is 0.0697. The second kappa shape index (κ2) is 6.01. The molecule has 0 amide bonds. The Morgan fingerprint density at radius 2 is 1.70 bits per heavy atom. The quantitative estimate of drug-likeness (QED) is 0.697. The zero-order valence-electron chi connectivity index (χ0n) is 12.3. The molecule has 1 heterocycles. The summed E-state index contributed by atoms with van der Waals surface area (Å²) >= 11 is 3.38.